The zero-order valence-corrected chi connectivity index (χ0v) is 17.7. The highest BCUT2D eigenvalue weighted by molar-refractivity contribution is 5.97. The molecule has 0 atom stereocenters. The van der Waals surface area contributed by atoms with Gasteiger partial charge in [0.15, 0.2) is 0 Å². The van der Waals surface area contributed by atoms with Gasteiger partial charge in [-0.2, -0.15) is 5.10 Å². The summed E-state index contributed by atoms with van der Waals surface area (Å²) < 4.78 is 29.5. The van der Waals surface area contributed by atoms with Gasteiger partial charge in [0, 0.05) is 31.7 Å². The Hall–Kier alpha value is -3.10. The number of carbonyl (C=O) groups is 1. The molecule has 0 unspecified atom stereocenters. The van der Waals surface area contributed by atoms with Gasteiger partial charge in [0.1, 0.15) is 29.4 Å². The van der Waals surface area contributed by atoms with Crippen molar-refractivity contribution >= 4 is 16.9 Å². The third-order valence-electron chi connectivity index (χ3n) is 5.18. The van der Waals surface area contributed by atoms with Crippen molar-refractivity contribution in [3.8, 4) is 17.2 Å². The smallest absolute Gasteiger partial charge is 0.341 e. The lowest BCUT2D eigenvalue weighted by molar-refractivity contribution is -0.0388. The first kappa shape index (κ1) is 21.1. The molecular weight excluding hydrogens is 400 g/mol. The van der Waals surface area contributed by atoms with E-state index < -0.39 is 5.97 Å². The maximum atomic E-state index is 12.2. The second kappa shape index (κ2) is 9.80. The summed E-state index contributed by atoms with van der Waals surface area (Å²) in [5, 5.41) is 5.06. The van der Waals surface area contributed by atoms with Crippen LogP contribution in [0, 0.1) is 0 Å². The molecule has 1 aromatic heterocycles. The lowest BCUT2D eigenvalue weighted by Crippen LogP contribution is -2.25. The van der Waals surface area contributed by atoms with Gasteiger partial charge in [-0.3, -0.25) is 4.68 Å². The summed E-state index contributed by atoms with van der Waals surface area (Å²) in [6, 6.07) is 10.7. The van der Waals surface area contributed by atoms with Gasteiger partial charge in [-0.1, -0.05) is 0 Å². The molecular formula is C23H26N2O6. The minimum atomic E-state index is -0.467. The zero-order valence-electron chi connectivity index (χ0n) is 17.7. The number of benzene rings is 2. The SMILES string of the molecule is COC(=O)c1cc2cnn(C)c2cc1Oc1ccc(OCCOC2CCOCC2)cc1. The summed E-state index contributed by atoms with van der Waals surface area (Å²) in [6.07, 6.45) is 3.83. The van der Waals surface area contributed by atoms with Crippen molar-refractivity contribution in [2.75, 3.05) is 33.5 Å². The first-order chi connectivity index (χ1) is 15.1. The highest BCUT2D eigenvalue weighted by atomic mass is 16.5. The average molecular weight is 426 g/mol. The number of esters is 1. The third kappa shape index (κ3) is 5.15. The van der Waals surface area contributed by atoms with E-state index in [0.29, 0.717) is 30.3 Å². The van der Waals surface area contributed by atoms with E-state index in [4.69, 9.17) is 23.7 Å². The van der Waals surface area contributed by atoms with Crippen LogP contribution in [0.25, 0.3) is 10.9 Å². The van der Waals surface area contributed by atoms with Crippen LogP contribution >= 0.6 is 0 Å². The van der Waals surface area contributed by atoms with Crippen LogP contribution in [0.3, 0.4) is 0 Å². The van der Waals surface area contributed by atoms with E-state index in [1.807, 2.05) is 19.2 Å². The minimum absolute atomic E-state index is 0.258. The molecule has 0 saturated carbocycles. The fourth-order valence-corrected chi connectivity index (χ4v) is 3.48. The molecule has 1 fully saturated rings. The summed E-state index contributed by atoms with van der Waals surface area (Å²) in [5.74, 6) is 1.24. The monoisotopic (exact) mass is 426 g/mol. The van der Waals surface area contributed by atoms with E-state index in [1.54, 1.807) is 35.1 Å². The van der Waals surface area contributed by atoms with Crippen LogP contribution in [0.15, 0.2) is 42.6 Å². The molecule has 2 aromatic carbocycles. The largest absolute Gasteiger partial charge is 0.491 e. The highest BCUT2D eigenvalue weighted by Gasteiger charge is 2.17. The van der Waals surface area contributed by atoms with Gasteiger partial charge in [-0.15, -0.1) is 0 Å². The maximum absolute atomic E-state index is 12.2. The number of fused-ring (bicyclic) bond motifs is 1. The van der Waals surface area contributed by atoms with E-state index >= 15 is 0 Å². The van der Waals surface area contributed by atoms with Gasteiger partial charge >= 0.3 is 5.97 Å². The number of ether oxygens (including phenoxy) is 5. The number of nitrogens with zero attached hydrogens (tertiary/aromatic N) is 2. The Labute approximate surface area is 180 Å². The standard InChI is InChI=1S/C23H26N2O6/c1-25-21-14-22(20(23(26)27-2)13-16(21)15-24-25)31-19-5-3-17(4-6-19)29-11-12-30-18-7-9-28-10-8-18/h3-6,13-15,18H,7-12H2,1-2H3. The summed E-state index contributed by atoms with van der Waals surface area (Å²) >= 11 is 0. The van der Waals surface area contributed by atoms with Gasteiger partial charge in [-0.05, 0) is 43.2 Å². The maximum Gasteiger partial charge on any atom is 0.341 e. The Morgan fingerprint density at radius 2 is 1.87 bits per heavy atom. The third-order valence-corrected chi connectivity index (χ3v) is 5.18. The molecule has 164 valence electrons. The van der Waals surface area contributed by atoms with Gasteiger partial charge in [-0.25, -0.2) is 4.79 Å². The topological polar surface area (TPSA) is 81.0 Å². The summed E-state index contributed by atoms with van der Waals surface area (Å²) in [5.41, 5.74) is 1.20. The molecule has 0 spiro atoms. The van der Waals surface area contributed by atoms with Gasteiger partial charge in [0.2, 0.25) is 0 Å². The fourth-order valence-electron chi connectivity index (χ4n) is 3.48. The average Bonchev–Trinajstić information content (AvgIpc) is 3.17. The van der Waals surface area contributed by atoms with Crippen molar-refractivity contribution < 1.29 is 28.5 Å². The van der Waals surface area contributed by atoms with Gasteiger partial charge < -0.3 is 23.7 Å². The predicted octanol–water partition coefficient (Wildman–Crippen LogP) is 3.73. The van der Waals surface area contributed by atoms with E-state index in [1.165, 1.54) is 7.11 Å². The van der Waals surface area contributed by atoms with Crippen LogP contribution in [0.4, 0.5) is 0 Å². The molecule has 0 bridgehead atoms. The Bertz CT molecular complexity index is 1020. The number of hydrogen-bond acceptors (Lipinski definition) is 7. The second-order valence-corrected chi connectivity index (χ2v) is 7.27. The number of hydrogen-bond donors (Lipinski definition) is 0. The molecule has 0 aliphatic carbocycles. The van der Waals surface area contributed by atoms with Crippen molar-refractivity contribution in [2.45, 2.75) is 18.9 Å². The summed E-state index contributed by atoms with van der Waals surface area (Å²) in [7, 11) is 3.18. The Kier molecular flexibility index (Phi) is 6.69. The van der Waals surface area contributed by atoms with Crippen molar-refractivity contribution in [2.24, 2.45) is 7.05 Å². The van der Waals surface area contributed by atoms with Gasteiger partial charge in [0.25, 0.3) is 0 Å². The van der Waals surface area contributed by atoms with Crippen molar-refractivity contribution in [1.82, 2.24) is 9.78 Å². The van der Waals surface area contributed by atoms with E-state index in [2.05, 4.69) is 5.10 Å². The number of carbonyl (C=O) groups excluding carboxylic acids is 1. The minimum Gasteiger partial charge on any atom is -0.491 e. The molecule has 4 rings (SSSR count). The molecule has 1 aliphatic rings. The second-order valence-electron chi connectivity index (χ2n) is 7.27. The Morgan fingerprint density at radius 3 is 2.61 bits per heavy atom. The molecule has 31 heavy (non-hydrogen) atoms. The van der Waals surface area contributed by atoms with Crippen LogP contribution in [0.1, 0.15) is 23.2 Å². The molecule has 1 saturated heterocycles. The summed E-state index contributed by atoms with van der Waals surface area (Å²) in [6.45, 7) is 2.54. The van der Waals surface area contributed by atoms with Crippen LogP contribution < -0.4 is 9.47 Å². The molecule has 0 amide bonds. The van der Waals surface area contributed by atoms with Crippen molar-refractivity contribution in [3.63, 3.8) is 0 Å². The zero-order chi connectivity index (χ0) is 21.6. The number of rotatable bonds is 8. The van der Waals surface area contributed by atoms with E-state index in [0.717, 1.165) is 42.7 Å². The predicted molar refractivity (Wildman–Crippen MR) is 114 cm³/mol. The number of methoxy groups -OCH3 is 1. The first-order valence-electron chi connectivity index (χ1n) is 10.3. The highest BCUT2D eigenvalue weighted by Crippen LogP contribution is 2.31. The van der Waals surface area contributed by atoms with Crippen LogP contribution in [0.5, 0.6) is 17.2 Å². The number of aromatic nitrogens is 2. The van der Waals surface area contributed by atoms with Gasteiger partial charge in [0.05, 0.1) is 31.5 Å². The first-order valence-corrected chi connectivity index (χ1v) is 10.3. The molecule has 8 heteroatoms. The molecule has 8 nitrogen and oxygen atoms in total. The molecule has 3 aromatic rings. The molecule has 0 radical (unpaired) electrons. The molecule has 0 N–H and O–H groups in total. The van der Waals surface area contributed by atoms with Crippen molar-refractivity contribution in [3.05, 3.63) is 48.2 Å². The summed E-state index contributed by atoms with van der Waals surface area (Å²) in [4.78, 5) is 12.2. The lowest BCUT2D eigenvalue weighted by atomic mass is 10.1. The van der Waals surface area contributed by atoms with E-state index in [9.17, 15) is 4.79 Å². The Balaban J connectivity index is 1.38. The molecule has 2 heterocycles. The van der Waals surface area contributed by atoms with E-state index in [-0.39, 0.29) is 6.10 Å². The normalized spacial score (nSPS) is 14.5. The lowest BCUT2D eigenvalue weighted by Gasteiger charge is -2.22. The van der Waals surface area contributed by atoms with Crippen LogP contribution in [-0.4, -0.2) is 55.4 Å². The van der Waals surface area contributed by atoms with Crippen LogP contribution in [0.2, 0.25) is 0 Å². The molecule has 1 aliphatic heterocycles. The quantitative estimate of drug-likeness (QED) is 0.401. The Morgan fingerprint density at radius 1 is 1.13 bits per heavy atom. The number of aryl methyl sites for hydroxylation is 1. The van der Waals surface area contributed by atoms with Crippen molar-refractivity contribution in [1.29, 1.82) is 0 Å². The van der Waals surface area contributed by atoms with Crippen LogP contribution in [-0.2, 0) is 21.3 Å². The fraction of sp³-hybridized carbons (Fsp3) is 0.391.